The molecular formula is C23H23N7O3. The lowest BCUT2D eigenvalue weighted by atomic mass is 9.97. The van der Waals surface area contributed by atoms with Gasteiger partial charge in [-0.1, -0.05) is 65.9 Å². The number of nitrogens with zero attached hydrogens (tertiary/aromatic N) is 6. The van der Waals surface area contributed by atoms with Crippen LogP contribution in [0.2, 0.25) is 0 Å². The highest BCUT2D eigenvalue weighted by Gasteiger charge is 2.27. The second-order valence-corrected chi connectivity index (χ2v) is 7.50. The Labute approximate surface area is 189 Å². The van der Waals surface area contributed by atoms with Crippen LogP contribution in [0.25, 0.3) is 0 Å². The molecule has 10 heteroatoms. The lowest BCUT2D eigenvalue weighted by molar-refractivity contribution is 0.101. The number of anilines is 2. The van der Waals surface area contributed by atoms with Crippen molar-refractivity contribution in [2.75, 3.05) is 17.3 Å². The van der Waals surface area contributed by atoms with Crippen molar-refractivity contribution in [3.8, 4) is 5.75 Å². The first-order valence-corrected chi connectivity index (χ1v) is 10.2. The third-order valence-electron chi connectivity index (χ3n) is 5.35. The summed E-state index contributed by atoms with van der Waals surface area (Å²) in [6, 6.07) is 19.2. The Morgan fingerprint density at radius 1 is 1.03 bits per heavy atom. The van der Waals surface area contributed by atoms with E-state index in [-0.39, 0.29) is 17.7 Å². The van der Waals surface area contributed by atoms with Gasteiger partial charge in [0.25, 0.3) is 11.5 Å². The average Bonchev–Trinajstić information content (AvgIpc) is 3.23. The average molecular weight is 445 g/mol. The predicted molar refractivity (Wildman–Crippen MR) is 123 cm³/mol. The maximum Gasteiger partial charge on any atom is 0.297 e. The van der Waals surface area contributed by atoms with Gasteiger partial charge in [-0.25, -0.2) is 9.67 Å². The van der Waals surface area contributed by atoms with Gasteiger partial charge >= 0.3 is 0 Å². The van der Waals surface area contributed by atoms with Gasteiger partial charge in [-0.3, -0.25) is 14.2 Å². The van der Waals surface area contributed by atoms with E-state index in [1.54, 1.807) is 19.0 Å². The van der Waals surface area contributed by atoms with Crippen LogP contribution in [0.1, 0.15) is 27.7 Å². The second kappa shape index (κ2) is 8.95. The van der Waals surface area contributed by atoms with E-state index in [0.29, 0.717) is 5.82 Å². The van der Waals surface area contributed by atoms with Crippen molar-refractivity contribution in [1.29, 1.82) is 0 Å². The second-order valence-electron chi connectivity index (χ2n) is 7.50. The molecule has 0 unspecified atom stereocenters. The standard InChI is InChI=1S/C23H23N7O3/c1-28(19(15-10-6-4-7-11-15)16-12-8-5-9-13-16)23-26-18(20(31)22(33)29(23)2)21(32)25-17-14-24-27-30(17)3/h4-14,19,31H,1-3H3,(H,25,32). The molecule has 2 heterocycles. The van der Waals surface area contributed by atoms with Crippen LogP contribution in [0.3, 0.4) is 0 Å². The van der Waals surface area contributed by atoms with Crippen molar-refractivity contribution < 1.29 is 9.90 Å². The summed E-state index contributed by atoms with van der Waals surface area (Å²) in [5.41, 5.74) is 0.821. The molecule has 2 N–H and O–H groups in total. The van der Waals surface area contributed by atoms with E-state index in [4.69, 9.17) is 0 Å². The molecule has 0 fully saturated rings. The lowest BCUT2D eigenvalue weighted by Crippen LogP contribution is -2.34. The first-order chi connectivity index (χ1) is 15.9. The van der Waals surface area contributed by atoms with Crippen molar-refractivity contribution in [3.63, 3.8) is 0 Å². The Morgan fingerprint density at radius 3 is 2.12 bits per heavy atom. The summed E-state index contributed by atoms with van der Waals surface area (Å²) in [6.07, 6.45) is 1.35. The highest BCUT2D eigenvalue weighted by Crippen LogP contribution is 2.31. The molecule has 0 bridgehead atoms. The van der Waals surface area contributed by atoms with Crippen LogP contribution in [0.4, 0.5) is 11.8 Å². The number of carbonyl (C=O) groups excluding carboxylic acids is 1. The van der Waals surface area contributed by atoms with E-state index < -0.39 is 17.2 Å². The van der Waals surface area contributed by atoms with Gasteiger partial charge < -0.3 is 15.3 Å². The Balaban J connectivity index is 1.80. The van der Waals surface area contributed by atoms with Crippen LogP contribution in [0.15, 0.2) is 71.7 Å². The molecule has 2 aromatic heterocycles. The summed E-state index contributed by atoms with van der Waals surface area (Å²) in [5.74, 6) is -0.980. The first-order valence-electron chi connectivity index (χ1n) is 10.2. The smallest absolute Gasteiger partial charge is 0.297 e. The number of rotatable bonds is 6. The van der Waals surface area contributed by atoms with E-state index in [2.05, 4.69) is 20.6 Å². The molecule has 0 aliphatic heterocycles. The van der Waals surface area contributed by atoms with Crippen molar-refractivity contribution in [1.82, 2.24) is 24.5 Å². The van der Waals surface area contributed by atoms with E-state index in [0.717, 1.165) is 11.1 Å². The van der Waals surface area contributed by atoms with Gasteiger partial charge in [-0.15, -0.1) is 5.10 Å². The highest BCUT2D eigenvalue weighted by atomic mass is 16.3. The maximum absolute atomic E-state index is 12.9. The molecule has 0 aliphatic rings. The molecule has 1 amide bonds. The molecule has 10 nitrogen and oxygen atoms in total. The Kier molecular flexibility index (Phi) is 5.90. The minimum Gasteiger partial charge on any atom is -0.501 e. The number of aryl methyl sites for hydroxylation is 1. The van der Waals surface area contributed by atoms with Crippen molar-refractivity contribution in [2.45, 2.75) is 6.04 Å². The van der Waals surface area contributed by atoms with Gasteiger partial charge in [0.2, 0.25) is 11.7 Å². The molecule has 0 saturated heterocycles. The molecule has 168 valence electrons. The van der Waals surface area contributed by atoms with Crippen molar-refractivity contribution in [3.05, 3.63) is 94.0 Å². The van der Waals surface area contributed by atoms with Gasteiger partial charge in [-0.05, 0) is 11.1 Å². The van der Waals surface area contributed by atoms with Crippen LogP contribution in [-0.2, 0) is 14.1 Å². The summed E-state index contributed by atoms with van der Waals surface area (Å²) >= 11 is 0. The molecule has 0 atom stereocenters. The molecule has 0 aliphatic carbocycles. The maximum atomic E-state index is 12.9. The van der Waals surface area contributed by atoms with Gasteiger partial charge in [-0.2, -0.15) is 0 Å². The summed E-state index contributed by atoms with van der Waals surface area (Å²) < 4.78 is 2.57. The minimum atomic E-state index is -0.749. The Bertz CT molecular complexity index is 1290. The predicted octanol–water partition coefficient (Wildman–Crippen LogP) is 2.09. The molecule has 0 radical (unpaired) electrons. The monoisotopic (exact) mass is 445 g/mol. The van der Waals surface area contributed by atoms with Gasteiger partial charge in [0, 0.05) is 21.1 Å². The first kappa shape index (κ1) is 21.8. The largest absolute Gasteiger partial charge is 0.501 e. The van der Waals surface area contributed by atoms with E-state index in [1.807, 2.05) is 60.7 Å². The highest BCUT2D eigenvalue weighted by molar-refractivity contribution is 6.04. The number of aromatic hydroxyl groups is 1. The third-order valence-corrected chi connectivity index (χ3v) is 5.35. The molecule has 0 spiro atoms. The molecule has 33 heavy (non-hydrogen) atoms. The number of hydrogen-bond donors (Lipinski definition) is 2. The summed E-state index contributed by atoms with van der Waals surface area (Å²) in [6.45, 7) is 0. The number of aromatic nitrogens is 5. The zero-order valence-corrected chi connectivity index (χ0v) is 18.4. The van der Waals surface area contributed by atoms with Gasteiger partial charge in [0.1, 0.15) is 0 Å². The lowest BCUT2D eigenvalue weighted by Gasteiger charge is -2.31. The van der Waals surface area contributed by atoms with Gasteiger partial charge in [0.15, 0.2) is 11.5 Å². The molecule has 2 aromatic carbocycles. The molecule has 0 saturated carbocycles. The van der Waals surface area contributed by atoms with E-state index in [9.17, 15) is 14.7 Å². The van der Waals surface area contributed by atoms with Crippen LogP contribution < -0.4 is 15.8 Å². The minimum absolute atomic E-state index is 0.212. The van der Waals surface area contributed by atoms with E-state index >= 15 is 0 Å². The van der Waals surface area contributed by atoms with Crippen molar-refractivity contribution >= 4 is 17.7 Å². The van der Waals surface area contributed by atoms with Crippen LogP contribution in [0, 0.1) is 0 Å². The van der Waals surface area contributed by atoms with Crippen LogP contribution >= 0.6 is 0 Å². The number of benzene rings is 2. The van der Waals surface area contributed by atoms with E-state index in [1.165, 1.54) is 22.5 Å². The number of carbonyl (C=O) groups is 1. The SMILES string of the molecule is CN(c1nc(C(=O)Nc2cnnn2C)c(O)c(=O)n1C)C(c1ccccc1)c1ccccc1. The number of hydrogen-bond acceptors (Lipinski definition) is 7. The van der Waals surface area contributed by atoms with Crippen LogP contribution in [-0.4, -0.2) is 42.6 Å². The number of amides is 1. The zero-order valence-electron chi connectivity index (χ0n) is 18.4. The zero-order chi connectivity index (χ0) is 23.5. The summed E-state index contributed by atoms with van der Waals surface area (Å²) in [7, 11) is 4.89. The fraction of sp³-hybridized carbons (Fsp3) is 0.174. The fourth-order valence-corrected chi connectivity index (χ4v) is 3.66. The molecular weight excluding hydrogens is 422 g/mol. The van der Waals surface area contributed by atoms with Crippen molar-refractivity contribution in [2.24, 2.45) is 14.1 Å². The molecule has 4 rings (SSSR count). The summed E-state index contributed by atoms with van der Waals surface area (Å²) in [5, 5.41) is 20.4. The third kappa shape index (κ3) is 4.18. The molecule has 4 aromatic rings. The normalized spacial score (nSPS) is 10.9. The summed E-state index contributed by atoms with van der Waals surface area (Å²) in [4.78, 5) is 31.9. The quantitative estimate of drug-likeness (QED) is 0.467. The van der Waals surface area contributed by atoms with Crippen LogP contribution in [0.5, 0.6) is 5.75 Å². The fourth-order valence-electron chi connectivity index (χ4n) is 3.66. The Morgan fingerprint density at radius 2 is 1.61 bits per heavy atom. The number of nitrogens with one attached hydrogen (secondary N) is 1. The van der Waals surface area contributed by atoms with Gasteiger partial charge in [0.05, 0.1) is 12.2 Å². The Hall–Kier alpha value is -4.47. The topological polar surface area (TPSA) is 118 Å².